The van der Waals surface area contributed by atoms with E-state index in [4.69, 9.17) is 9.29 Å². The minimum atomic E-state index is -1.83. The molecule has 1 aliphatic rings. The molecule has 1 aromatic rings. The van der Waals surface area contributed by atoms with Gasteiger partial charge in [0.25, 0.3) is 0 Å². The van der Waals surface area contributed by atoms with Crippen molar-refractivity contribution < 1.29 is 13.5 Å². The van der Waals surface area contributed by atoms with Crippen molar-refractivity contribution in [2.24, 2.45) is 4.99 Å². The van der Waals surface area contributed by atoms with E-state index in [0.29, 0.717) is 12.5 Å². The summed E-state index contributed by atoms with van der Waals surface area (Å²) in [5, 5.41) is -0.367. The van der Waals surface area contributed by atoms with Crippen LogP contribution >= 0.6 is 0 Å². The van der Waals surface area contributed by atoms with Gasteiger partial charge in [0.15, 0.2) is 17.0 Å². The normalized spacial score (nSPS) is 22.8. The van der Waals surface area contributed by atoms with E-state index in [0.717, 1.165) is 11.1 Å². The molecule has 17 heavy (non-hydrogen) atoms. The van der Waals surface area contributed by atoms with Crippen molar-refractivity contribution in [3.8, 4) is 0 Å². The highest BCUT2D eigenvalue weighted by molar-refractivity contribution is 7.79. The van der Waals surface area contributed by atoms with Gasteiger partial charge in [0.05, 0.1) is 5.25 Å². The number of ether oxygens (including phenoxy) is 1. The molecule has 0 saturated heterocycles. The second kappa shape index (κ2) is 4.98. The molecular formula is C12H15NO3S. The summed E-state index contributed by atoms with van der Waals surface area (Å²) in [5.41, 5.74) is 1.93. The number of aliphatic imine (C=N–C) groups is 1. The van der Waals surface area contributed by atoms with Gasteiger partial charge in [0.2, 0.25) is 0 Å². The van der Waals surface area contributed by atoms with Crippen LogP contribution in [-0.4, -0.2) is 21.3 Å². The van der Waals surface area contributed by atoms with E-state index < -0.39 is 11.1 Å². The highest BCUT2D eigenvalue weighted by atomic mass is 32.2. The molecule has 0 amide bonds. The quantitative estimate of drug-likeness (QED) is 0.842. The van der Waals surface area contributed by atoms with Gasteiger partial charge in [-0.05, 0) is 18.1 Å². The maximum absolute atomic E-state index is 11.0. The van der Waals surface area contributed by atoms with Gasteiger partial charge in [0.1, 0.15) is 12.6 Å². The second-order valence-corrected chi connectivity index (χ2v) is 5.32. The predicted octanol–water partition coefficient (Wildman–Crippen LogP) is 2.46. The Bertz CT molecular complexity index is 455. The zero-order valence-corrected chi connectivity index (χ0v) is 10.6. The fourth-order valence-electron chi connectivity index (χ4n) is 1.77. The summed E-state index contributed by atoms with van der Waals surface area (Å²) in [5.74, 6) is 0.712. The zero-order chi connectivity index (χ0) is 12.4. The first kappa shape index (κ1) is 12.3. The van der Waals surface area contributed by atoms with Crippen LogP contribution in [0.1, 0.15) is 36.3 Å². The molecule has 4 nitrogen and oxygen atoms in total. The molecule has 0 radical (unpaired) electrons. The van der Waals surface area contributed by atoms with Crippen LogP contribution in [0.25, 0.3) is 0 Å². The standard InChI is InChI=1S/C12H15NO3S/c1-8(17(14)15)10-3-5-11(6-4-10)12-7-16-9(2)13-12/h3-6,8,12H,7H2,1-2H3,(H,14,15). The van der Waals surface area contributed by atoms with Crippen LogP contribution in [0.15, 0.2) is 29.3 Å². The molecule has 5 heteroatoms. The van der Waals surface area contributed by atoms with Crippen LogP contribution in [0.2, 0.25) is 0 Å². The summed E-state index contributed by atoms with van der Waals surface area (Å²) in [6.45, 7) is 4.14. The molecule has 3 atom stereocenters. The highest BCUT2D eigenvalue weighted by Gasteiger charge is 2.18. The van der Waals surface area contributed by atoms with Crippen molar-refractivity contribution in [3.63, 3.8) is 0 Å². The van der Waals surface area contributed by atoms with Crippen molar-refractivity contribution in [1.82, 2.24) is 0 Å². The maximum atomic E-state index is 11.0. The lowest BCUT2D eigenvalue weighted by Gasteiger charge is -2.10. The summed E-state index contributed by atoms with van der Waals surface area (Å²) in [6, 6.07) is 7.68. The Morgan fingerprint density at radius 3 is 2.59 bits per heavy atom. The average Bonchev–Trinajstić information content (AvgIpc) is 2.75. The fraction of sp³-hybridized carbons (Fsp3) is 0.417. The molecule has 2 rings (SSSR count). The SMILES string of the molecule is CC1=NC(c2ccc(C(C)S(=O)O)cc2)CO1. The third kappa shape index (κ3) is 2.73. The number of rotatable bonds is 3. The minimum Gasteiger partial charge on any atom is -0.479 e. The lowest BCUT2D eigenvalue weighted by molar-refractivity contribution is 0.317. The first-order valence-electron chi connectivity index (χ1n) is 5.44. The van der Waals surface area contributed by atoms with Crippen molar-refractivity contribution in [1.29, 1.82) is 0 Å². The summed E-state index contributed by atoms with van der Waals surface area (Å²) in [6.07, 6.45) is 0. The monoisotopic (exact) mass is 253 g/mol. The number of benzene rings is 1. The van der Waals surface area contributed by atoms with Crippen molar-refractivity contribution >= 4 is 17.0 Å². The fourth-order valence-corrected chi connectivity index (χ4v) is 2.16. The number of hydrogen-bond donors (Lipinski definition) is 1. The Morgan fingerprint density at radius 1 is 1.47 bits per heavy atom. The largest absolute Gasteiger partial charge is 0.479 e. The average molecular weight is 253 g/mol. The lowest BCUT2D eigenvalue weighted by atomic mass is 10.0. The van der Waals surface area contributed by atoms with Gasteiger partial charge >= 0.3 is 0 Å². The van der Waals surface area contributed by atoms with E-state index in [9.17, 15) is 4.21 Å². The lowest BCUT2D eigenvalue weighted by Crippen LogP contribution is -2.02. The summed E-state index contributed by atoms with van der Waals surface area (Å²) < 4.78 is 25.3. The molecule has 0 aromatic heterocycles. The van der Waals surface area contributed by atoms with Crippen LogP contribution < -0.4 is 0 Å². The second-order valence-electron chi connectivity index (χ2n) is 4.06. The highest BCUT2D eigenvalue weighted by Crippen LogP contribution is 2.25. The van der Waals surface area contributed by atoms with Gasteiger partial charge in [0, 0.05) is 6.92 Å². The summed E-state index contributed by atoms with van der Waals surface area (Å²) in [4.78, 5) is 4.35. The van der Waals surface area contributed by atoms with Crippen LogP contribution in [0.3, 0.4) is 0 Å². The Morgan fingerprint density at radius 2 is 2.12 bits per heavy atom. The van der Waals surface area contributed by atoms with Gasteiger partial charge < -0.3 is 9.29 Å². The van der Waals surface area contributed by atoms with Crippen molar-refractivity contribution in [3.05, 3.63) is 35.4 Å². The summed E-state index contributed by atoms with van der Waals surface area (Å²) >= 11 is -1.83. The van der Waals surface area contributed by atoms with E-state index in [2.05, 4.69) is 4.99 Å². The molecule has 1 N–H and O–H groups in total. The minimum absolute atomic E-state index is 0.0546. The Labute approximate surface area is 103 Å². The van der Waals surface area contributed by atoms with E-state index in [1.807, 2.05) is 31.2 Å². The van der Waals surface area contributed by atoms with Crippen molar-refractivity contribution in [2.45, 2.75) is 25.1 Å². The molecule has 0 aliphatic carbocycles. The molecular weight excluding hydrogens is 238 g/mol. The Kier molecular flexibility index (Phi) is 3.59. The van der Waals surface area contributed by atoms with Crippen LogP contribution in [-0.2, 0) is 15.8 Å². The number of nitrogens with zero attached hydrogens (tertiary/aromatic N) is 1. The first-order valence-corrected chi connectivity index (χ1v) is 6.61. The smallest absolute Gasteiger partial charge is 0.180 e. The van der Waals surface area contributed by atoms with Gasteiger partial charge in [-0.1, -0.05) is 24.3 Å². The predicted molar refractivity (Wildman–Crippen MR) is 67.4 cm³/mol. The van der Waals surface area contributed by atoms with E-state index in [1.165, 1.54) is 0 Å². The Hall–Kier alpha value is -1.20. The molecule has 1 heterocycles. The van der Waals surface area contributed by atoms with Crippen molar-refractivity contribution in [2.75, 3.05) is 6.61 Å². The van der Waals surface area contributed by atoms with Gasteiger partial charge in [-0.3, -0.25) is 0 Å². The Balaban J connectivity index is 2.16. The zero-order valence-electron chi connectivity index (χ0n) is 9.79. The topological polar surface area (TPSA) is 58.9 Å². The third-order valence-corrected chi connectivity index (χ3v) is 3.76. The third-order valence-electron chi connectivity index (χ3n) is 2.88. The van der Waals surface area contributed by atoms with E-state index in [1.54, 1.807) is 6.92 Å². The summed E-state index contributed by atoms with van der Waals surface area (Å²) in [7, 11) is 0. The molecule has 0 spiro atoms. The van der Waals surface area contributed by atoms with Gasteiger partial charge in [-0.25, -0.2) is 9.20 Å². The van der Waals surface area contributed by atoms with E-state index in [-0.39, 0.29) is 11.3 Å². The molecule has 3 unspecified atom stereocenters. The van der Waals surface area contributed by atoms with Crippen LogP contribution in [0.5, 0.6) is 0 Å². The van der Waals surface area contributed by atoms with Crippen LogP contribution in [0.4, 0.5) is 0 Å². The first-order chi connectivity index (χ1) is 8.08. The maximum Gasteiger partial charge on any atom is 0.180 e. The number of hydrogen-bond acceptors (Lipinski definition) is 3. The van der Waals surface area contributed by atoms with Crippen LogP contribution in [0, 0.1) is 0 Å². The molecule has 0 fully saturated rings. The molecule has 0 saturated carbocycles. The van der Waals surface area contributed by atoms with Gasteiger partial charge in [-0.2, -0.15) is 0 Å². The van der Waals surface area contributed by atoms with Gasteiger partial charge in [-0.15, -0.1) is 0 Å². The van der Waals surface area contributed by atoms with E-state index >= 15 is 0 Å². The molecule has 1 aliphatic heterocycles. The molecule has 92 valence electrons. The molecule has 1 aromatic carbocycles. The molecule has 0 bridgehead atoms.